The lowest BCUT2D eigenvalue weighted by Gasteiger charge is -2.13. The Kier molecular flexibility index (Phi) is 4.11. The van der Waals surface area contributed by atoms with Crippen LogP contribution >= 0.6 is 0 Å². The summed E-state index contributed by atoms with van der Waals surface area (Å²) in [7, 11) is 1.19. The number of halogens is 3. The maximum Gasteiger partial charge on any atom is 0.573 e. The van der Waals surface area contributed by atoms with E-state index in [1.165, 1.54) is 43.5 Å². The molecular weight excluding hydrogens is 287 g/mol. The summed E-state index contributed by atoms with van der Waals surface area (Å²) in [5, 5.41) is 0. The molecule has 0 spiro atoms. The van der Waals surface area contributed by atoms with Crippen LogP contribution in [0.4, 0.5) is 13.2 Å². The Bertz CT molecular complexity index is 656. The lowest BCUT2D eigenvalue weighted by atomic mass is 10.1. The van der Waals surface area contributed by atoms with E-state index < -0.39 is 12.3 Å². The summed E-state index contributed by atoms with van der Waals surface area (Å²) in [4.78, 5) is 15.4. The monoisotopic (exact) mass is 297 g/mol. The maximum atomic E-state index is 12.4. The van der Waals surface area contributed by atoms with Crippen molar-refractivity contribution in [1.29, 1.82) is 0 Å². The number of esters is 1. The van der Waals surface area contributed by atoms with Crippen molar-refractivity contribution in [2.45, 2.75) is 6.36 Å². The van der Waals surface area contributed by atoms with Gasteiger partial charge >= 0.3 is 12.3 Å². The molecule has 0 unspecified atom stereocenters. The van der Waals surface area contributed by atoms with Gasteiger partial charge in [-0.1, -0.05) is 18.2 Å². The quantitative estimate of drug-likeness (QED) is 0.814. The smallest absolute Gasteiger partial charge is 0.464 e. The summed E-state index contributed by atoms with van der Waals surface area (Å²) in [6.07, 6.45) is -4.81. The number of hydrogen-bond donors (Lipinski definition) is 0. The summed E-state index contributed by atoms with van der Waals surface area (Å²) >= 11 is 0. The molecule has 0 aliphatic carbocycles. The van der Waals surface area contributed by atoms with E-state index in [1.54, 1.807) is 6.07 Å². The number of rotatable bonds is 3. The number of carbonyl (C=O) groups excluding carboxylic acids is 1. The predicted molar refractivity (Wildman–Crippen MR) is 67.7 cm³/mol. The first-order valence-electron chi connectivity index (χ1n) is 5.81. The van der Waals surface area contributed by atoms with Crippen LogP contribution in [-0.4, -0.2) is 24.4 Å². The zero-order valence-corrected chi connectivity index (χ0v) is 10.8. The van der Waals surface area contributed by atoms with Gasteiger partial charge in [-0.15, -0.1) is 13.2 Å². The third-order valence-electron chi connectivity index (χ3n) is 2.53. The number of aromatic nitrogens is 1. The average molecular weight is 297 g/mol. The van der Waals surface area contributed by atoms with E-state index in [0.717, 1.165) is 0 Å². The summed E-state index contributed by atoms with van der Waals surface area (Å²) < 4.78 is 45.6. The number of ether oxygens (including phenoxy) is 2. The molecule has 0 amide bonds. The van der Waals surface area contributed by atoms with Gasteiger partial charge in [-0.25, -0.2) is 9.78 Å². The van der Waals surface area contributed by atoms with E-state index in [2.05, 4.69) is 14.5 Å². The van der Waals surface area contributed by atoms with Gasteiger partial charge in [-0.3, -0.25) is 0 Å². The highest BCUT2D eigenvalue weighted by Gasteiger charge is 2.32. The van der Waals surface area contributed by atoms with Crippen LogP contribution in [0.3, 0.4) is 0 Å². The first kappa shape index (κ1) is 14.8. The molecule has 2 rings (SSSR count). The Morgan fingerprint density at radius 1 is 1.10 bits per heavy atom. The highest BCUT2D eigenvalue weighted by molar-refractivity contribution is 5.88. The number of methoxy groups -OCH3 is 1. The molecule has 110 valence electrons. The highest BCUT2D eigenvalue weighted by Crippen LogP contribution is 2.32. The molecule has 1 aromatic heterocycles. The Balaban J connectivity index is 2.45. The number of carbonyl (C=O) groups is 1. The summed E-state index contributed by atoms with van der Waals surface area (Å²) in [5.74, 6) is -1.06. The van der Waals surface area contributed by atoms with Crippen LogP contribution in [0.25, 0.3) is 11.3 Å². The van der Waals surface area contributed by atoms with Crippen molar-refractivity contribution in [3.05, 3.63) is 48.2 Å². The van der Waals surface area contributed by atoms with Crippen molar-refractivity contribution in [3.8, 4) is 17.0 Å². The molecule has 1 heterocycles. The molecule has 0 aliphatic heterocycles. The van der Waals surface area contributed by atoms with Crippen LogP contribution in [0.2, 0.25) is 0 Å². The van der Waals surface area contributed by atoms with E-state index >= 15 is 0 Å². The average Bonchev–Trinajstić information content (AvgIpc) is 2.45. The number of alkyl halides is 3. The molecule has 0 fully saturated rings. The van der Waals surface area contributed by atoms with E-state index in [-0.39, 0.29) is 22.7 Å². The number of pyridine rings is 1. The molecule has 0 bridgehead atoms. The Morgan fingerprint density at radius 3 is 2.48 bits per heavy atom. The molecule has 21 heavy (non-hydrogen) atoms. The molecule has 0 aliphatic rings. The minimum absolute atomic E-state index is 0.00295. The number of benzene rings is 1. The van der Waals surface area contributed by atoms with E-state index in [4.69, 9.17) is 0 Å². The van der Waals surface area contributed by atoms with Gasteiger partial charge in [0.25, 0.3) is 0 Å². The van der Waals surface area contributed by atoms with Crippen molar-refractivity contribution < 1.29 is 27.4 Å². The van der Waals surface area contributed by atoms with Crippen LogP contribution in [-0.2, 0) is 4.74 Å². The van der Waals surface area contributed by atoms with Crippen molar-refractivity contribution >= 4 is 5.97 Å². The SMILES string of the molecule is COC(=O)c1cccc(-c2ccccc2OC(F)(F)F)n1. The Hall–Kier alpha value is -2.57. The molecule has 7 heteroatoms. The van der Waals surface area contributed by atoms with Gasteiger partial charge < -0.3 is 9.47 Å². The normalized spacial score (nSPS) is 11.0. The van der Waals surface area contributed by atoms with Gasteiger partial charge in [-0.05, 0) is 24.3 Å². The minimum atomic E-state index is -4.81. The van der Waals surface area contributed by atoms with Crippen LogP contribution in [0.5, 0.6) is 5.75 Å². The maximum absolute atomic E-state index is 12.4. The summed E-state index contributed by atoms with van der Waals surface area (Å²) in [6, 6.07) is 9.94. The molecule has 0 atom stereocenters. The summed E-state index contributed by atoms with van der Waals surface area (Å²) in [5.41, 5.74) is 0.301. The van der Waals surface area contributed by atoms with Crippen LogP contribution < -0.4 is 4.74 Å². The zero-order valence-electron chi connectivity index (χ0n) is 10.8. The van der Waals surface area contributed by atoms with Crippen molar-refractivity contribution in [2.75, 3.05) is 7.11 Å². The highest BCUT2D eigenvalue weighted by atomic mass is 19.4. The van der Waals surface area contributed by atoms with Crippen LogP contribution in [0, 0.1) is 0 Å². The van der Waals surface area contributed by atoms with Gasteiger partial charge in [0.1, 0.15) is 11.4 Å². The molecule has 0 N–H and O–H groups in total. The van der Waals surface area contributed by atoms with Gasteiger partial charge in [-0.2, -0.15) is 0 Å². The van der Waals surface area contributed by atoms with Crippen molar-refractivity contribution in [2.24, 2.45) is 0 Å². The zero-order chi connectivity index (χ0) is 15.5. The van der Waals surface area contributed by atoms with Gasteiger partial charge in [0, 0.05) is 5.56 Å². The van der Waals surface area contributed by atoms with E-state index in [9.17, 15) is 18.0 Å². The number of para-hydroxylation sites is 1. The fraction of sp³-hybridized carbons (Fsp3) is 0.143. The minimum Gasteiger partial charge on any atom is -0.464 e. The van der Waals surface area contributed by atoms with E-state index in [0.29, 0.717) is 0 Å². The van der Waals surface area contributed by atoms with Crippen LogP contribution in [0.1, 0.15) is 10.5 Å². The number of nitrogens with zero attached hydrogens (tertiary/aromatic N) is 1. The van der Waals surface area contributed by atoms with Crippen molar-refractivity contribution in [3.63, 3.8) is 0 Å². The molecule has 1 aromatic carbocycles. The Morgan fingerprint density at radius 2 is 1.81 bits per heavy atom. The second-order valence-electron chi connectivity index (χ2n) is 3.94. The molecule has 4 nitrogen and oxygen atoms in total. The first-order chi connectivity index (χ1) is 9.90. The third kappa shape index (κ3) is 3.71. The van der Waals surface area contributed by atoms with Crippen LogP contribution in [0.15, 0.2) is 42.5 Å². The van der Waals surface area contributed by atoms with E-state index in [1.807, 2.05) is 0 Å². The lowest BCUT2D eigenvalue weighted by Crippen LogP contribution is -2.17. The van der Waals surface area contributed by atoms with Gasteiger partial charge in [0.05, 0.1) is 12.8 Å². The van der Waals surface area contributed by atoms with Crippen molar-refractivity contribution in [1.82, 2.24) is 4.98 Å². The molecule has 0 saturated carbocycles. The third-order valence-corrected chi connectivity index (χ3v) is 2.53. The Labute approximate surface area is 118 Å². The molecule has 0 saturated heterocycles. The number of hydrogen-bond acceptors (Lipinski definition) is 4. The van der Waals surface area contributed by atoms with Gasteiger partial charge in [0.15, 0.2) is 0 Å². The predicted octanol–water partition coefficient (Wildman–Crippen LogP) is 3.43. The standard InChI is InChI=1S/C14H10F3NO3/c1-20-13(19)11-7-4-6-10(18-11)9-5-2-3-8-12(9)21-14(15,16)17/h2-8H,1H3. The molecular formula is C14H10F3NO3. The largest absolute Gasteiger partial charge is 0.573 e. The lowest BCUT2D eigenvalue weighted by molar-refractivity contribution is -0.274. The fourth-order valence-corrected chi connectivity index (χ4v) is 1.69. The fourth-order valence-electron chi connectivity index (χ4n) is 1.69. The topological polar surface area (TPSA) is 48.4 Å². The molecule has 0 radical (unpaired) electrons. The molecule has 2 aromatic rings. The van der Waals surface area contributed by atoms with Gasteiger partial charge in [0.2, 0.25) is 0 Å². The summed E-state index contributed by atoms with van der Waals surface area (Å²) in [6.45, 7) is 0. The first-order valence-corrected chi connectivity index (χ1v) is 5.81. The second kappa shape index (κ2) is 5.82. The second-order valence-corrected chi connectivity index (χ2v) is 3.94.